The van der Waals surface area contributed by atoms with Gasteiger partial charge in [-0.05, 0) is 32.5 Å². The van der Waals surface area contributed by atoms with Crippen LogP contribution in [-0.4, -0.2) is 35.1 Å². The summed E-state index contributed by atoms with van der Waals surface area (Å²) in [6, 6.07) is 12.1. The molecule has 0 aliphatic carbocycles. The second-order valence-corrected chi connectivity index (χ2v) is 5.40. The van der Waals surface area contributed by atoms with Crippen molar-refractivity contribution in [2.75, 3.05) is 19.4 Å². The van der Waals surface area contributed by atoms with Crippen LogP contribution in [0.2, 0.25) is 0 Å². The number of benzene rings is 1. The van der Waals surface area contributed by atoms with Crippen molar-refractivity contribution in [1.29, 1.82) is 0 Å². The number of rotatable bonds is 7. The minimum atomic E-state index is 0.00818. The third kappa shape index (κ3) is 5.39. The molecular formula is C16H22N4O. The summed E-state index contributed by atoms with van der Waals surface area (Å²) in [4.78, 5) is 13.9. The second kappa shape index (κ2) is 7.59. The van der Waals surface area contributed by atoms with Gasteiger partial charge in [0.1, 0.15) is 0 Å². The van der Waals surface area contributed by atoms with Crippen LogP contribution in [0.25, 0.3) is 0 Å². The van der Waals surface area contributed by atoms with Gasteiger partial charge in [-0.15, -0.1) is 0 Å². The van der Waals surface area contributed by atoms with Gasteiger partial charge in [-0.3, -0.25) is 9.89 Å². The number of carbonyl (C=O) groups excluding carboxylic acids is 1. The molecule has 0 spiro atoms. The van der Waals surface area contributed by atoms with E-state index in [4.69, 9.17) is 0 Å². The lowest BCUT2D eigenvalue weighted by Crippen LogP contribution is -2.12. The van der Waals surface area contributed by atoms with Crippen molar-refractivity contribution in [1.82, 2.24) is 15.1 Å². The lowest BCUT2D eigenvalue weighted by molar-refractivity contribution is -0.116. The van der Waals surface area contributed by atoms with Crippen LogP contribution in [0.1, 0.15) is 24.1 Å². The maximum absolute atomic E-state index is 11.9. The second-order valence-electron chi connectivity index (χ2n) is 5.40. The van der Waals surface area contributed by atoms with Crippen molar-refractivity contribution in [3.63, 3.8) is 0 Å². The maximum atomic E-state index is 11.9. The number of carbonyl (C=O) groups is 1. The highest BCUT2D eigenvalue weighted by atomic mass is 16.1. The number of amides is 1. The molecule has 0 atom stereocenters. The van der Waals surface area contributed by atoms with Gasteiger partial charge in [-0.2, -0.15) is 5.10 Å². The standard InChI is InChI=1S/C16H22N4O/c1-20(2)12-14-11-15(19-18-14)17-16(21)10-6-9-13-7-4-3-5-8-13/h3-5,7-8,11H,6,9-10,12H2,1-2H3,(H2,17,18,19,21). The van der Waals surface area contributed by atoms with Crippen LogP contribution in [0.4, 0.5) is 5.82 Å². The number of H-pyrrole nitrogens is 1. The average Bonchev–Trinajstić information content (AvgIpc) is 2.86. The predicted octanol–water partition coefficient (Wildman–Crippen LogP) is 2.43. The Morgan fingerprint density at radius 1 is 1.29 bits per heavy atom. The highest BCUT2D eigenvalue weighted by Gasteiger charge is 2.06. The third-order valence-corrected chi connectivity index (χ3v) is 3.10. The normalized spacial score (nSPS) is 10.8. The number of aromatic nitrogens is 2. The first kappa shape index (κ1) is 15.3. The van der Waals surface area contributed by atoms with Crippen LogP contribution in [-0.2, 0) is 17.8 Å². The lowest BCUT2D eigenvalue weighted by atomic mass is 10.1. The molecule has 2 rings (SSSR count). The smallest absolute Gasteiger partial charge is 0.225 e. The van der Waals surface area contributed by atoms with Crippen molar-refractivity contribution in [3.05, 3.63) is 47.7 Å². The summed E-state index contributed by atoms with van der Waals surface area (Å²) >= 11 is 0. The Morgan fingerprint density at radius 3 is 2.76 bits per heavy atom. The summed E-state index contributed by atoms with van der Waals surface area (Å²) in [5, 5.41) is 9.83. The fourth-order valence-corrected chi connectivity index (χ4v) is 2.15. The molecule has 2 N–H and O–H groups in total. The van der Waals surface area contributed by atoms with Gasteiger partial charge in [0, 0.05) is 19.0 Å². The van der Waals surface area contributed by atoms with E-state index in [0.29, 0.717) is 12.2 Å². The third-order valence-electron chi connectivity index (χ3n) is 3.10. The molecule has 112 valence electrons. The minimum Gasteiger partial charge on any atom is -0.309 e. The largest absolute Gasteiger partial charge is 0.309 e. The SMILES string of the molecule is CN(C)Cc1cc(NC(=O)CCCc2ccccc2)n[nH]1. The summed E-state index contributed by atoms with van der Waals surface area (Å²) in [7, 11) is 3.98. The Balaban J connectivity index is 1.73. The van der Waals surface area contributed by atoms with Crippen LogP contribution in [0.3, 0.4) is 0 Å². The molecule has 1 amide bonds. The van der Waals surface area contributed by atoms with E-state index in [9.17, 15) is 4.79 Å². The van der Waals surface area contributed by atoms with Gasteiger partial charge in [-0.1, -0.05) is 30.3 Å². The fraction of sp³-hybridized carbons (Fsp3) is 0.375. The summed E-state index contributed by atoms with van der Waals surface area (Å²) in [6.45, 7) is 0.775. The number of hydrogen-bond acceptors (Lipinski definition) is 3. The Morgan fingerprint density at radius 2 is 2.05 bits per heavy atom. The lowest BCUT2D eigenvalue weighted by Gasteiger charge is -2.05. The van der Waals surface area contributed by atoms with Crippen molar-refractivity contribution < 1.29 is 4.79 Å². The van der Waals surface area contributed by atoms with Crippen molar-refractivity contribution >= 4 is 11.7 Å². The highest BCUT2D eigenvalue weighted by Crippen LogP contribution is 2.09. The van der Waals surface area contributed by atoms with E-state index in [1.165, 1.54) is 5.56 Å². The van der Waals surface area contributed by atoms with Gasteiger partial charge in [0.25, 0.3) is 0 Å². The van der Waals surface area contributed by atoms with Crippen molar-refractivity contribution in [2.24, 2.45) is 0 Å². The van der Waals surface area contributed by atoms with Gasteiger partial charge in [0.05, 0.1) is 5.69 Å². The molecule has 0 saturated carbocycles. The van der Waals surface area contributed by atoms with Crippen LogP contribution in [0.15, 0.2) is 36.4 Å². The number of hydrogen-bond donors (Lipinski definition) is 2. The van der Waals surface area contributed by atoms with Gasteiger partial charge in [-0.25, -0.2) is 0 Å². The minimum absolute atomic E-state index is 0.00818. The van der Waals surface area contributed by atoms with E-state index in [0.717, 1.165) is 25.1 Å². The van der Waals surface area contributed by atoms with E-state index >= 15 is 0 Å². The Hall–Kier alpha value is -2.14. The quantitative estimate of drug-likeness (QED) is 0.822. The van der Waals surface area contributed by atoms with Crippen LogP contribution < -0.4 is 5.32 Å². The molecular weight excluding hydrogens is 264 g/mol. The van der Waals surface area contributed by atoms with Crippen LogP contribution >= 0.6 is 0 Å². The number of nitrogens with zero attached hydrogens (tertiary/aromatic N) is 2. The Bertz CT molecular complexity index is 563. The van der Waals surface area contributed by atoms with Crippen LogP contribution in [0.5, 0.6) is 0 Å². The molecule has 1 aromatic carbocycles. The van der Waals surface area contributed by atoms with Crippen molar-refractivity contribution in [2.45, 2.75) is 25.8 Å². The number of aromatic amines is 1. The zero-order chi connectivity index (χ0) is 15.1. The van der Waals surface area contributed by atoms with Crippen LogP contribution in [0, 0.1) is 0 Å². The van der Waals surface area contributed by atoms with Gasteiger partial charge in [0.15, 0.2) is 5.82 Å². The molecule has 5 nitrogen and oxygen atoms in total. The molecule has 1 heterocycles. The Labute approximate surface area is 125 Å². The Kier molecular flexibility index (Phi) is 5.51. The van der Waals surface area contributed by atoms with E-state index in [1.54, 1.807) is 0 Å². The maximum Gasteiger partial charge on any atom is 0.225 e. The zero-order valence-electron chi connectivity index (χ0n) is 12.6. The molecule has 2 aromatic rings. The number of anilines is 1. The molecule has 1 aromatic heterocycles. The number of aryl methyl sites for hydroxylation is 1. The molecule has 0 saturated heterocycles. The number of nitrogens with one attached hydrogen (secondary N) is 2. The molecule has 21 heavy (non-hydrogen) atoms. The van der Waals surface area contributed by atoms with Gasteiger partial charge in [0.2, 0.25) is 5.91 Å². The summed E-state index contributed by atoms with van der Waals surface area (Å²) in [6.07, 6.45) is 2.26. The molecule has 0 fully saturated rings. The summed E-state index contributed by atoms with van der Waals surface area (Å²) in [5.41, 5.74) is 2.25. The van der Waals surface area contributed by atoms with Crippen molar-refractivity contribution in [3.8, 4) is 0 Å². The zero-order valence-corrected chi connectivity index (χ0v) is 12.6. The molecule has 5 heteroatoms. The first-order valence-electron chi connectivity index (χ1n) is 7.16. The molecule has 0 aliphatic heterocycles. The first-order valence-corrected chi connectivity index (χ1v) is 7.16. The van der Waals surface area contributed by atoms with Gasteiger partial charge < -0.3 is 10.2 Å². The van der Waals surface area contributed by atoms with E-state index in [-0.39, 0.29) is 5.91 Å². The first-order chi connectivity index (χ1) is 10.1. The monoisotopic (exact) mass is 286 g/mol. The molecule has 0 unspecified atom stereocenters. The topological polar surface area (TPSA) is 61.0 Å². The summed E-state index contributed by atoms with van der Waals surface area (Å²) in [5.74, 6) is 0.602. The molecule has 0 bridgehead atoms. The predicted molar refractivity (Wildman–Crippen MR) is 84.0 cm³/mol. The van der Waals surface area contributed by atoms with E-state index in [1.807, 2.05) is 43.3 Å². The fourth-order valence-electron chi connectivity index (χ4n) is 2.15. The summed E-state index contributed by atoms with van der Waals surface area (Å²) < 4.78 is 0. The molecule has 0 aliphatic rings. The highest BCUT2D eigenvalue weighted by molar-refractivity contribution is 5.89. The molecule has 0 radical (unpaired) electrons. The van der Waals surface area contributed by atoms with Gasteiger partial charge >= 0.3 is 0 Å². The van der Waals surface area contributed by atoms with E-state index in [2.05, 4.69) is 27.6 Å². The average molecular weight is 286 g/mol. The van der Waals surface area contributed by atoms with E-state index < -0.39 is 0 Å².